The third-order valence-corrected chi connectivity index (χ3v) is 7.37. The van der Waals surface area contributed by atoms with Crippen LogP contribution >= 0.6 is 0 Å². The van der Waals surface area contributed by atoms with Crippen molar-refractivity contribution in [1.82, 2.24) is 4.90 Å². The fraction of sp³-hybridized carbons (Fsp3) is 0.182. The van der Waals surface area contributed by atoms with Crippen molar-refractivity contribution in [1.29, 1.82) is 5.26 Å². The monoisotopic (exact) mass is 528 g/mol. The Morgan fingerprint density at radius 3 is 2.55 bits per heavy atom. The topological polar surface area (TPSA) is 83.4 Å². The number of benzene rings is 3. The average molecular weight is 529 g/mol. The molecule has 40 heavy (non-hydrogen) atoms. The Hall–Kier alpha value is -5.09. The second-order valence-electron chi connectivity index (χ2n) is 10.0. The van der Waals surface area contributed by atoms with Gasteiger partial charge in [-0.25, -0.2) is 0 Å². The van der Waals surface area contributed by atoms with Crippen molar-refractivity contribution in [2.75, 3.05) is 14.2 Å². The molecule has 2 aliphatic rings. The predicted molar refractivity (Wildman–Crippen MR) is 158 cm³/mol. The summed E-state index contributed by atoms with van der Waals surface area (Å²) in [6.45, 7) is 10.0. The molecular formula is C33H28N4O3. The summed E-state index contributed by atoms with van der Waals surface area (Å²) in [4.78, 5) is 11.2. The van der Waals surface area contributed by atoms with Crippen molar-refractivity contribution < 1.29 is 13.9 Å². The highest BCUT2D eigenvalue weighted by molar-refractivity contribution is 6.07. The number of hydrogen-bond acceptors (Lipinski definition) is 6. The second-order valence-corrected chi connectivity index (χ2v) is 10.0. The molecule has 1 atom stereocenters. The number of aliphatic imine (C=N–C) groups is 2. The summed E-state index contributed by atoms with van der Waals surface area (Å²) < 4.78 is 18.4. The zero-order chi connectivity index (χ0) is 28.1. The Balaban J connectivity index is 1.71. The smallest absolute Gasteiger partial charge is 0.304 e. The van der Waals surface area contributed by atoms with Crippen LogP contribution in [0.5, 0.6) is 11.5 Å². The molecule has 0 bridgehead atoms. The number of allylic oxidation sites excluding steroid dienone is 2. The van der Waals surface area contributed by atoms with Gasteiger partial charge in [0.2, 0.25) is 0 Å². The summed E-state index contributed by atoms with van der Waals surface area (Å²) in [7, 11) is 3.38. The Labute approximate surface area is 233 Å². The number of methoxy groups -OCH3 is 1. The van der Waals surface area contributed by atoms with E-state index in [4.69, 9.17) is 18.9 Å². The summed E-state index contributed by atoms with van der Waals surface area (Å²) >= 11 is 0. The predicted octanol–water partition coefficient (Wildman–Crippen LogP) is 7.57. The Kier molecular flexibility index (Phi) is 6.04. The van der Waals surface area contributed by atoms with Crippen LogP contribution in [0.3, 0.4) is 0 Å². The lowest BCUT2D eigenvalue weighted by Gasteiger charge is -2.41. The Morgan fingerprint density at radius 2 is 1.88 bits per heavy atom. The minimum atomic E-state index is -0.424. The lowest BCUT2D eigenvalue weighted by atomic mass is 9.85. The summed E-state index contributed by atoms with van der Waals surface area (Å²) in [5, 5.41) is 11.3. The first-order valence-electron chi connectivity index (χ1n) is 12.9. The molecule has 4 aromatic rings. The average Bonchev–Trinajstić information content (AvgIpc) is 3.40. The van der Waals surface area contributed by atoms with Gasteiger partial charge in [-0.05, 0) is 79.9 Å². The van der Waals surface area contributed by atoms with Gasteiger partial charge in [-0.2, -0.15) is 10.3 Å². The number of aryl methyl sites for hydroxylation is 1. The van der Waals surface area contributed by atoms with Crippen LogP contribution in [0.1, 0.15) is 53.5 Å². The van der Waals surface area contributed by atoms with E-state index < -0.39 is 6.04 Å². The van der Waals surface area contributed by atoms with Gasteiger partial charge < -0.3 is 13.9 Å². The van der Waals surface area contributed by atoms with Crippen LogP contribution in [0.2, 0.25) is 0 Å². The number of amidine groups is 1. The third kappa shape index (κ3) is 3.97. The van der Waals surface area contributed by atoms with Crippen LogP contribution in [0, 0.1) is 18.3 Å². The molecule has 3 heterocycles. The van der Waals surface area contributed by atoms with Gasteiger partial charge in [0, 0.05) is 23.7 Å². The summed E-state index contributed by atoms with van der Waals surface area (Å²) in [6, 6.07) is 20.0. The second kappa shape index (κ2) is 9.58. The van der Waals surface area contributed by atoms with E-state index in [0.717, 1.165) is 50.2 Å². The summed E-state index contributed by atoms with van der Waals surface area (Å²) in [5.41, 5.74) is 8.16. The molecule has 3 aromatic carbocycles. The van der Waals surface area contributed by atoms with E-state index in [9.17, 15) is 5.26 Å². The molecule has 7 nitrogen and oxygen atoms in total. The molecule has 0 saturated carbocycles. The van der Waals surface area contributed by atoms with Crippen LogP contribution in [-0.2, 0) is 0 Å². The molecule has 1 unspecified atom stereocenters. The summed E-state index contributed by atoms with van der Waals surface area (Å²) in [5.74, 6) is 2.03. The van der Waals surface area contributed by atoms with Gasteiger partial charge >= 0.3 is 6.02 Å². The molecule has 7 heteroatoms. The SMILES string of the molecule is C=C(C)c1cc2cc(C(C)=NC)c3c(c2o1)C1c2ccc(C)cc2C=C(C#N)N1C(=Nc1ccc(OC)cc1)O3. The van der Waals surface area contributed by atoms with Gasteiger partial charge in [-0.1, -0.05) is 30.3 Å². The van der Waals surface area contributed by atoms with Gasteiger partial charge in [0.25, 0.3) is 0 Å². The zero-order valence-corrected chi connectivity index (χ0v) is 23.1. The Bertz CT molecular complexity index is 1830. The van der Waals surface area contributed by atoms with E-state index in [-0.39, 0.29) is 6.02 Å². The van der Waals surface area contributed by atoms with Crippen LogP contribution < -0.4 is 9.47 Å². The molecule has 0 radical (unpaired) electrons. The molecule has 0 aliphatic carbocycles. The maximum Gasteiger partial charge on any atom is 0.304 e. The maximum absolute atomic E-state index is 10.4. The van der Waals surface area contributed by atoms with Crippen LogP contribution in [-0.4, -0.2) is 30.8 Å². The van der Waals surface area contributed by atoms with Crippen LogP contribution in [0.15, 0.2) is 81.3 Å². The largest absolute Gasteiger partial charge is 0.497 e. The van der Waals surface area contributed by atoms with Crippen molar-refractivity contribution in [3.8, 4) is 17.6 Å². The number of nitriles is 1. The van der Waals surface area contributed by atoms with E-state index in [2.05, 4.69) is 35.8 Å². The summed E-state index contributed by atoms with van der Waals surface area (Å²) in [6.07, 6.45) is 1.89. The van der Waals surface area contributed by atoms with Crippen LogP contribution in [0.25, 0.3) is 22.6 Å². The van der Waals surface area contributed by atoms with Gasteiger partial charge in [-0.15, -0.1) is 0 Å². The first kappa shape index (κ1) is 25.2. The van der Waals surface area contributed by atoms with Crippen molar-refractivity contribution in [2.24, 2.45) is 9.98 Å². The fourth-order valence-electron chi connectivity index (χ4n) is 5.28. The molecule has 0 saturated heterocycles. The first-order chi connectivity index (χ1) is 19.3. The fourth-order valence-corrected chi connectivity index (χ4v) is 5.28. The van der Waals surface area contributed by atoms with E-state index >= 15 is 0 Å². The Morgan fingerprint density at radius 1 is 1.10 bits per heavy atom. The standard InChI is InChI=1S/C33H28N4O3/c1-18(2)28-16-22-15-27(20(4)35-5)32-29(31(22)39-28)30-26-12-7-19(3)13-21(26)14-24(17-34)37(30)33(40-32)36-23-8-10-25(38-6)11-9-23/h7-16,30H,1H2,2-6H3. The highest BCUT2D eigenvalue weighted by Gasteiger charge is 2.43. The van der Waals surface area contributed by atoms with E-state index in [1.807, 2.05) is 68.1 Å². The normalized spacial score (nSPS) is 16.9. The molecule has 2 aliphatic heterocycles. The van der Waals surface area contributed by atoms with Gasteiger partial charge in [-0.3, -0.25) is 9.89 Å². The van der Waals surface area contributed by atoms with E-state index in [0.29, 0.717) is 28.5 Å². The molecule has 0 amide bonds. The molecule has 0 fully saturated rings. The van der Waals surface area contributed by atoms with Crippen molar-refractivity contribution in [3.63, 3.8) is 0 Å². The molecule has 0 spiro atoms. The minimum absolute atomic E-state index is 0.290. The zero-order valence-electron chi connectivity index (χ0n) is 23.1. The number of nitrogens with zero attached hydrogens (tertiary/aromatic N) is 4. The minimum Gasteiger partial charge on any atom is -0.497 e. The van der Waals surface area contributed by atoms with E-state index in [1.54, 1.807) is 14.2 Å². The van der Waals surface area contributed by atoms with E-state index in [1.165, 1.54) is 0 Å². The van der Waals surface area contributed by atoms with Crippen molar-refractivity contribution in [2.45, 2.75) is 26.8 Å². The van der Waals surface area contributed by atoms with Gasteiger partial charge in [0.1, 0.15) is 34.6 Å². The number of ether oxygens (including phenoxy) is 2. The number of hydrogen-bond donors (Lipinski definition) is 0. The van der Waals surface area contributed by atoms with Gasteiger partial charge in [0.05, 0.1) is 24.4 Å². The molecular weight excluding hydrogens is 500 g/mol. The van der Waals surface area contributed by atoms with Crippen molar-refractivity contribution >= 4 is 40.0 Å². The molecule has 198 valence electrons. The quantitative estimate of drug-likeness (QED) is 0.255. The number of furan rings is 1. The highest BCUT2D eigenvalue weighted by Crippen LogP contribution is 2.50. The lowest BCUT2D eigenvalue weighted by molar-refractivity contribution is 0.318. The highest BCUT2D eigenvalue weighted by atomic mass is 16.5. The van der Waals surface area contributed by atoms with Crippen LogP contribution in [0.4, 0.5) is 5.69 Å². The third-order valence-electron chi connectivity index (χ3n) is 7.37. The maximum atomic E-state index is 10.4. The van der Waals surface area contributed by atoms with Crippen molar-refractivity contribution in [3.05, 3.63) is 100 Å². The molecule has 6 rings (SSSR count). The number of rotatable bonds is 4. The van der Waals surface area contributed by atoms with Gasteiger partial charge in [0.15, 0.2) is 0 Å². The lowest BCUT2D eigenvalue weighted by Crippen LogP contribution is -2.43. The first-order valence-corrected chi connectivity index (χ1v) is 12.9. The molecule has 0 N–H and O–H groups in total. The molecule has 1 aromatic heterocycles. The number of fused-ring (bicyclic) bond motifs is 7.